The summed E-state index contributed by atoms with van der Waals surface area (Å²) in [5.74, 6) is 0.944. The maximum Gasteiger partial charge on any atom is 0.410 e. The van der Waals surface area contributed by atoms with E-state index in [4.69, 9.17) is 9.88 Å². The Labute approximate surface area is 156 Å². The lowest BCUT2D eigenvalue weighted by Gasteiger charge is -2.37. The minimum atomic E-state index is -0.480. The highest BCUT2D eigenvalue weighted by Crippen LogP contribution is 2.37. The Morgan fingerprint density at radius 1 is 1.52 bits per heavy atom. The lowest BCUT2D eigenvalue weighted by Crippen LogP contribution is -2.48. The first-order chi connectivity index (χ1) is 11.5. The smallest absolute Gasteiger partial charge is 0.410 e. The molecule has 0 bridgehead atoms. The Morgan fingerprint density at radius 2 is 2.16 bits per heavy atom. The number of carbonyl (C=O) groups excluding carboxylic acids is 1. The van der Waals surface area contributed by atoms with Crippen LogP contribution < -0.4 is 10.5 Å². The van der Waals surface area contributed by atoms with Crippen molar-refractivity contribution in [2.45, 2.75) is 58.6 Å². The largest absolute Gasteiger partial charge is 0.444 e. The van der Waals surface area contributed by atoms with Gasteiger partial charge in [0.15, 0.2) is 0 Å². The van der Waals surface area contributed by atoms with Gasteiger partial charge in [0.25, 0.3) is 0 Å². The summed E-state index contributed by atoms with van der Waals surface area (Å²) in [6.07, 6.45) is 3.23. The first kappa shape index (κ1) is 21.6. The molecule has 0 aliphatic carbocycles. The lowest BCUT2D eigenvalue weighted by atomic mass is 9.86. The van der Waals surface area contributed by atoms with Crippen molar-refractivity contribution in [1.82, 2.24) is 10.2 Å². The topological polar surface area (TPSA) is 80.0 Å². The maximum atomic E-state index is 12.4. The van der Waals surface area contributed by atoms with Gasteiger partial charge in [0.1, 0.15) is 16.5 Å². The molecule has 142 valence electrons. The Hall–Kier alpha value is -1.47. The number of nitrogens with two attached hydrogens (primary N) is 1. The number of hydrogen-bond donors (Lipinski definition) is 2. The Morgan fingerprint density at radius 3 is 2.68 bits per heavy atom. The molecule has 0 aromatic carbocycles. The van der Waals surface area contributed by atoms with Gasteiger partial charge in [-0.3, -0.25) is 5.14 Å². The molecule has 1 amide bonds. The molecule has 1 aliphatic rings. The molecular weight excluding hydrogens is 336 g/mol. The van der Waals surface area contributed by atoms with Crippen molar-refractivity contribution in [3.05, 3.63) is 25.1 Å². The fourth-order valence-corrected chi connectivity index (χ4v) is 3.23. The molecular formula is C18H32N4O2S. The van der Waals surface area contributed by atoms with Crippen molar-refractivity contribution < 1.29 is 9.53 Å². The zero-order chi connectivity index (χ0) is 19.3. The first-order valence-corrected chi connectivity index (χ1v) is 9.40. The number of carbonyl (C=O) groups is 1. The molecule has 0 spiro atoms. The van der Waals surface area contributed by atoms with E-state index in [9.17, 15) is 4.79 Å². The average molecular weight is 369 g/mol. The second-order valence-corrected chi connectivity index (χ2v) is 8.36. The van der Waals surface area contributed by atoms with Crippen LogP contribution in [0.15, 0.2) is 30.0 Å². The molecule has 0 aromatic rings. The summed E-state index contributed by atoms with van der Waals surface area (Å²) in [6, 6.07) is 0. The number of rotatable bonds is 6. The summed E-state index contributed by atoms with van der Waals surface area (Å²) >= 11 is 1.04. The molecule has 0 aromatic heterocycles. The van der Waals surface area contributed by atoms with Crippen LogP contribution in [0.1, 0.15) is 47.5 Å². The van der Waals surface area contributed by atoms with E-state index in [-0.39, 0.29) is 11.6 Å². The van der Waals surface area contributed by atoms with Gasteiger partial charge in [-0.1, -0.05) is 13.2 Å². The molecule has 0 saturated carbocycles. The van der Waals surface area contributed by atoms with Gasteiger partial charge in [-0.2, -0.15) is 0 Å². The third kappa shape index (κ3) is 6.40. The highest BCUT2D eigenvalue weighted by atomic mass is 32.2. The first-order valence-electron chi connectivity index (χ1n) is 8.52. The van der Waals surface area contributed by atoms with Crippen molar-refractivity contribution in [3.8, 4) is 0 Å². The van der Waals surface area contributed by atoms with Crippen LogP contribution in [0.25, 0.3) is 0 Å². The summed E-state index contributed by atoms with van der Waals surface area (Å²) in [5, 5.41) is 9.29. The quantitative estimate of drug-likeness (QED) is 0.425. The number of nitrogens with zero attached hydrogens (tertiary/aromatic N) is 2. The van der Waals surface area contributed by atoms with E-state index in [0.717, 1.165) is 37.9 Å². The molecule has 1 atom stereocenters. The minimum absolute atomic E-state index is 0.238. The molecule has 25 heavy (non-hydrogen) atoms. The second-order valence-electron chi connectivity index (χ2n) is 7.71. The fourth-order valence-electron chi connectivity index (χ4n) is 2.97. The summed E-state index contributed by atoms with van der Waals surface area (Å²) < 4.78 is 5.53. The highest BCUT2D eigenvalue weighted by Gasteiger charge is 2.44. The Kier molecular flexibility index (Phi) is 7.56. The van der Waals surface area contributed by atoms with E-state index >= 15 is 0 Å². The van der Waals surface area contributed by atoms with Crippen LogP contribution in [-0.4, -0.2) is 40.3 Å². The molecule has 1 saturated heterocycles. The van der Waals surface area contributed by atoms with E-state index in [1.54, 1.807) is 6.08 Å². The highest BCUT2D eigenvalue weighted by molar-refractivity contribution is 8.12. The number of nitrogens with one attached hydrogen (secondary N) is 1. The molecule has 1 unspecified atom stereocenters. The molecule has 1 heterocycles. The molecule has 1 rings (SSSR count). The van der Waals surface area contributed by atoms with Crippen molar-refractivity contribution in [3.63, 3.8) is 0 Å². The van der Waals surface area contributed by atoms with Crippen LogP contribution >= 0.6 is 11.9 Å². The summed E-state index contributed by atoms with van der Waals surface area (Å²) in [7, 11) is 0. The fraction of sp³-hybridized carbons (Fsp3) is 0.667. The van der Waals surface area contributed by atoms with Gasteiger partial charge in [-0.05, 0) is 71.4 Å². The minimum Gasteiger partial charge on any atom is -0.444 e. The lowest BCUT2D eigenvalue weighted by molar-refractivity contribution is 0.00864. The molecule has 3 N–H and O–H groups in total. The maximum absolute atomic E-state index is 12.4. The van der Waals surface area contributed by atoms with Crippen LogP contribution in [0.3, 0.4) is 0 Å². The van der Waals surface area contributed by atoms with Crippen molar-refractivity contribution >= 4 is 23.1 Å². The molecule has 1 aliphatic heterocycles. The number of hydrogen-bond acceptors (Lipinski definition) is 6. The van der Waals surface area contributed by atoms with Gasteiger partial charge in [0, 0.05) is 18.6 Å². The van der Waals surface area contributed by atoms with E-state index in [1.165, 1.54) is 0 Å². The normalized spacial score (nSPS) is 20.3. The van der Waals surface area contributed by atoms with Gasteiger partial charge < -0.3 is 15.0 Å². The summed E-state index contributed by atoms with van der Waals surface area (Å²) in [4.78, 5) is 18.5. The van der Waals surface area contributed by atoms with Gasteiger partial charge in [-0.25, -0.2) is 9.79 Å². The van der Waals surface area contributed by atoms with Crippen molar-refractivity contribution in [2.24, 2.45) is 16.0 Å². The third-order valence-electron chi connectivity index (χ3n) is 4.37. The molecule has 6 nitrogen and oxygen atoms in total. The Balaban J connectivity index is 2.56. The second kappa shape index (κ2) is 8.76. The van der Waals surface area contributed by atoms with Crippen LogP contribution in [-0.2, 0) is 4.74 Å². The van der Waals surface area contributed by atoms with Gasteiger partial charge in [-0.15, -0.1) is 0 Å². The van der Waals surface area contributed by atoms with E-state index < -0.39 is 5.60 Å². The van der Waals surface area contributed by atoms with E-state index in [1.807, 2.05) is 25.7 Å². The molecule has 0 radical (unpaired) electrons. The van der Waals surface area contributed by atoms with Crippen LogP contribution in [0.2, 0.25) is 0 Å². The van der Waals surface area contributed by atoms with Gasteiger partial charge in [0.2, 0.25) is 0 Å². The van der Waals surface area contributed by atoms with Crippen LogP contribution in [0.4, 0.5) is 4.79 Å². The number of ether oxygens (including phenoxy) is 1. The Bertz CT molecular complexity index is 538. The SMILES string of the molecule is C=C/C(=N\C(=C)NCCC1CCN(C(=O)OC(C)(C)C)C1(C)C)SN. The summed E-state index contributed by atoms with van der Waals surface area (Å²) in [6.45, 7) is 18.8. The van der Waals surface area contributed by atoms with Crippen molar-refractivity contribution in [1.29, 1.82) is 0 Å². The zero-order valence-electron chi connectivity index (χ0n) is 16.1. The van der Waals surface area contributed by atoms with Crippen molar-refractivity contribution in [2.75, 3.05) is 13.1 Å². The monoisotopic (exact) mass is 368 g/mol. The number of likely N-dealkylation sites (tertiary alicyclic amines) is 1. The average Bonchev–Trinajstić information content (AvgIpc) is 2.78. The number of aliphatic imine (C=N–C) groups is 1. The summed E-state index contributed by atoms with van der Waals surface area (Å²) in [5.41, 5.74) is -0.722. The standard InChI is InChI=1S/C18H32N4O2S/c1-8-15(25-19)21-13(2)20-11-9-14-10-12-22(18(14,6)7)16(23)24-17(3,4)5/h8,14,20H,1-2,9-12,19H2,3-7H3/b21-15+. The van der Waals surface area contributed by atoms with Gasteiger partial charge >= 0.3 is 6.09 Å². The third-order valence-corrected chi connectivity index (χ3v) is 4.87. The molecule has 1 fully saturated rings. The number of amides is 1. The molecule has 7 heteroatoms. The van der Waals surface area contributed by atoms with Gasteiger partial charge in [0.05, 0.1) is 0 Å². The predicted molar refractivity (Wildman–Crippen MR) is 106 cm³/mol. The zero-order valence-corrected chi connectivity index (χ0v) is 16.9. The predicted octanol–water partition coefficient (Wildman–Crippen LogP) is 3.66. The van der Waals surface area contributed by atoms with Crippen LogP contribution in [0.5, 0.6) is 0 Å². The van der Waals surface area contributed by atoms with Crippen LogP contribution in [0, 0.1) is 5.92 Å². The van der Waals surface area contributed by atoms with E-state index in [2.05, 4.69) is 37.3 Å². The van der Waals surface area contributed by atoms with E-state index in [0.29, 0.717) is 16.8 Å².